The summed E-state index contributed by atoms with van der Waals surface area (Å²) in [5.74, 6) is 0.666. The van der Waals surface area contributed by atoms with Crippen LogP contribution in [0.15, 0.2) is 28.3 Å². The molecule has 0 aliphatic heterocycles. The summed E-state index contributed by atoms with van der Waals surface area (Å²) in [6.45, 7) is 1.71. The van der Waals surface area contributed by atoms with E-state index in [4.69, 9.17) is 0 Å². The molecule has 0 aliphatic rings. The van der Waals surface area contributed by atoms with Crippen molar-refractivity contribution in [1.82, 2.24) is 15.3 Å². The van der Waals surface area contributed by atoms with Crippen LogP contribution >= 0.6 is 27.3 Å². The van der Waals surface area contributed by atoms with Gasteiger partial charge in [0.1, 0.15) is 0 Å². The van der Waals surface area contributed by atoms with Crippen LogP contribution in [-0.4, -0.2) is 30.1 Å². The van der Waals surface area contributed by atoms with E-state index in [1.165, 1.54) is 4.88 Å². The highest BCUT2D eigenvalue weighted by atomic mass is 79.9. The van der Waals surface area contributed by atoms with Gasteiger partial charge < -0.3 is 10.6 Å². The Morgan fingerprint density at radius 2 is 2.00 bits per heavy atom. The minimum absolute atomic E-state index is 0.666. The van der Waals surface area contributed by atoms with Crippen LogP contribution in [0.2, 0.25) is 0 Å². The van der Waals surface area contributed by atoms with Crippen molar-refractivity contribution < 1.29 is 0 Å². The number of nitrogens with one attached hydrogen (secondary N) is 2. The van der Waals surface area contributed by atoms with Crippen molar-refractivity contribution in [3.63, 3.8) is 0 Å². The third-order valence-electron chi connectivity index (χ3n) is 2.17. The van der Waals surface area contributed by atoms with Gasteiger partial charge in [0.15, 0.2) is 0 Å². The van der Waals surface area contributed by atoms with E-state index in [9.17, 15) is 0 Å². The second-order valence-corrected chi connectivity index (χ2v) is 5.89. The number of halogens is 1. The third kappa shape index (κ3) is 3.49. The van der Waals surface area contributed by atoms with Crippen molar-refractivity contribution in [3.05, 3.63) is 28.3 Å². The van der Waals surface area contributed by atoms with Gasteiger partial charge in [-0.1, -0.05) is 0 Å². The van der Waals surface area contributed by atoms with Gasteiger partial charge in [-0.05, 0) is 35.1 Å². The second-order valence-electron chi connectivity index (χ2n) is 3.43. The molecule has 2 aromatic heterocycles. The Balaban J connectivity index is 2.02. The SMILES string of the molecule is CNCCNc1ncc(-c2ccc(Br)s2)cn1. The summed E-state index contributed by atoms with van der Waals surface area (Å²) < 4.78 is 1.11. The van der Waals surface area contributed by atoms with Crippen molar-refractivity contribution in [3.8, 4) is 10.4 Å². The van der Waals surface area contributed by atoms with Crippen LogP contribution in [0.5, 0.6) is 0 Å². The zero-order valence-electron chi connectivity index (χ0n) is 9.40. The smallest absolute Gasteiger partial charge is 0.222 e. The molecule has 0 saturated carbocycles. The summed E-state index contributed by atoms with van der Waals surface area (Å²) in [6, 6.07) is 4.08. The molecule has 2 N–H and O–H groups in total. The molecule has 90 valence electrons. The fourth-order valence-corrected chi connectivity index (χ4v) is 2.68. The zero-order valence-corrected chi connectivity index (χ0v) is 11.8. The van der Waals surface area contributed by atoms with Crippen molar-refractivity contribution >= 4 is 33.2 Å². The average molecular weight is 313 g/mol. The first-order valence-corrected chi connectivity index (χ1v) is 6.87. The van der Waals surface area contributed by atoms with E-state index in [1.807, 2.05) is 25.5 Å². The fraction of sp³-hybridized carbons (Fsp3) is 0.273. The largest absolute Gasteiger partial charge is 0.353 e. The number of rotatable bonds is 5. The summed E-state index contributed by atoms with van der Waals surface area (Å²) >= 11 is 5.12. The number of thiophene rings is 1. The fourth-order valence-electron chi connectivity index (χ4n) is 1.32. The van der Waals surface area contributed by atoms with Crippen molar-refractivity contribution in [2.75, 3.05) is 25.5 Å². The van der Waals surface area contributed by atoms with Crippen LogP contribution in [0.1, 0.15) is 0 Å². The Labute approximate surface area is 113 Å². The predicted molar refractivity (Wildman–Crippen MR) is 75.5 cm³/mol. The molecule has 2 aromatic rings. The van der Waals surface area contributed by atoms with Crippen molar-refractivity contribution in [1.29, 1.82) is 0 Å². The van der Waals surface area contributed by atoms with Gasteiger partial charge in [0.2, 0.25) is 5.95 Å². The number of aromatic nitrogens is 2. The lowest BCUT2D eigenvalue weighted by Crippen LogP contribution is -2.18. The van der Waals surface area contributed by atoms with Gasteiger partial charge in [-0.15, -0.1) is 11.3 Å². The standard InChI is InChI=1S/C11H13BrN4S/c1-13-4-5-14-11-15-6-8(7-16-11)9-2-3-10(12)17-9/h2-3,6-7,13H,4-5H2,1H3,(H,14,15,16). The Bertz CT molecular complexity index is 469. The zero-order chi connectivity index (χ0) is 12.1. The number of likely N-dealkylation sites (N-methyl/N-ethyl adjacent to an activating group) is 1. The van der Waals surface area contributed by atoms with Crippen molar-refractivity contribution in [2.45, 2.75) is 0 Å². The molecule has 0 atom stereocenters. The summed E-state index contributed by atoms with van der Waals surface area (Å²) in [6.07, 6.45) is 3.68. The first kappa shape index (κ1) is 12.5. The summed E-state index contributed by atoms with van der Waals surface area (Å²) in [5, 5.41) is 6.20. The molecule has 0 radical (unpaired) electrons. The molecule has 0 aromatic carbocycles. The Morgan fingerprint density at radius 3 is 2.59 bits per heavy atom. The van der Waals surface area contributed by atoms with Crippen LogP contribution in [0.25, 0.3) is 10.4 Å². The molecular weight excluding hydrogens is 300 g/mol. The molecule has 0 saturated heterocycles. The monoisotopic (exact) mass is 312 g/mol. The topological polar surface area (TPSA) is 49.8 Å². The molecule has 0 unspecified atom stereocenters. The lowest BCUT2D eigenvalue weighted by Gasteiger charge is -2.04. The minimum atomic E-state index is 0.666. The van der Waals surface area contributed by atoms with Crippen LogP contribution in [0.4, 0.5) is 5.95 Å². The molecule has 2 rings (SSSR count). The molecule has 0 amide bonds. The summed E-state index contributed by atoms with van der Waals surface area (Å²) in [5.41, 5.74) is 1.04. The Hall–Kier alpha value is -0.980. The molecule has 2 heterocycles. The molecular formula is C11H13BrN4S. The van der Waals surface area contributed by atoms with E-state index < -0.39 is 0 Å². The van der Waals surface area contributed by atoms with E-state index in [0.29, 0.717) is 5.95 Å². The molecule has 17 heavy (non-hydrogen) atoms. The number of nitrogens with zero attached hydrogens (tertiary/aromatic N) is 2. The van der Waals surface area contributed by atoms with Gasteiger partial charge in [0, 0.05) is 35.9 Å². The maximum atomic E-state index is 4.28. The van der Waals surface area contributed by atoms with E-state index in [-0.39, 0.29) is 0 Å². The number of hydrogen-bond donors (Lipinski definition) is 2. The first-order valence-electron chi connectivity index (χ1n) is 5.26. The number of anilines is 1. The molecule has 6 heteroatoms. The van der Waals surface area contributed by atoms with Crippen LogP contribution in [-0.2, 0) is 0 Å². The summed E-state index contributed by atoms with van der Waals surface area (Å²) in [7, 11) is 1.92. The lowest BCUT2D eigenvalue weighted by molar-refractivity contribution is 0.817. The van der Waals surface area contributed by atoms with Crippen LogP contribution in [0, 0.1) is 0 Å². The Kier molecular flexibility index (Phi) is 4.47. The highest BCUT2D eigenvalue weighted by molar-refractivity contribution is 9.11. The second kappa shape index (κ2) is 6.09. The summed E-state index contributed by atoms with van der Waals surface area (Å²) in [4.78, 5) is 9.72. The van der Waals surface area contributed by atoms with Gasteiger partial charge in [-0.25, -0.2) is 9.97 Å². The normalized spacial score (nSPS) is 10.5. The maximum absolute atomic E-state index is 4.28. The highest BCUT2D eigenvalue weighted by Crippen LogP contribution is 2.30. The van der Waals surface area contributed by atoms with Gasteiger partial charge in [-0.3, -0.25) is 0 Å². The molecule has 4 nitrogen and oxygen atoms in total. The van der Waals surface area contributed by atoms with Gasteiger partial charge >= 0.3 is 0 Å². The van der Waals surface area contributed by atoms with E-state index in [0.717, 1.165) is 22.4 Å². The molecule has 0 aliphatic carbocycles. The third-order valence-corrected chi connectivity index (χ3v) is 3.84. The van der Waals surface area contributed by atoms with Gasteiger partial charge in [0.05, 0.1) is 3.79 Å². The van der Waals surface area contributed by atoms with Gasteiger partial charge in [0.25, 0.3) is 0 Å². The number of hydrogen-bond acceptors (Lipinski definition) is 5. The lowest BCUT2D eigenvalue weighted by atomic mass is 10.3. The first-order chi connectivity index (χ1) is 8.29. The molecule has 0 spiro atoms. The predicted octanol–water partition coefficient (Wildman–Crippen LogP) is 2.60. The van der Waals surface area contributed by atoms with Gasteiger partial charge in [-0.2, -0.15) is 0 Å². The van der Waals surface area contributed by atoms with Crippen LogP contribution < -0.4 is 10.6 Å². The highest BCUT2D eigenvalue weighted by Gasteiger charge is 2.02. The van der Waals surface area contributed by atoms with Crippen LogP contribution in [0.3, 0.4) is 0 Å². The van der Waals surface area contributed by atoms with E-state index in [1.54, 1.807) is 11.3 Å². The van der Waals surface area contributed by atoms with Crippen molar-refractivity contribution in [2.24, 2.45) is 0 Å². The average Bonchev–Trinajstić information content (AvgIpc) is 2.77. The maximum Gasteiger partial charge on any atom is 0.222 e. The van der Waals surface area contributed by atoms with E-state index >= 15 is 0 Å². The molecule has 0 bridgehead atoms. The quantitative estimate of drug-likeness (QED) is 0.833. The van der Waals surface area contributed by atoms with E-state index in [2.05, 4.69) is 42.6 Å². The molecule has 0 fully saturated rings. The minimum Gasteiger partial charge on any atom is -0.353 e. The Morgan fingerprint density at radius 1 is 1.24 bits per heavy atom.